The number of nitrogens with one attached hydrogen (secondary N) is 3. The lowest BCUT2D eigenvalue weighted by atomic mass is 10.1. The lowest BCUT2D eigenvalue weighted by molar-refractivity contribution is 0.0977. The van der Waals surface area contributed by atoms with Crippen LogP contribution in [0.15, 0.2) is 100 Å². The molecule has 3 N–H and O–H groups in total. The van der Waals surface area contributed by atoms with Crippen LogP contribution in [0.25, 0.3) is 0 Å². The van der Waals surface area contributed by atoms with Gasteiger partial charge in [-0.15, -0.1) is 0 Å². The monoisotopic (exact) mass is 637 g/mol. The van der Waals surface area contributed by atoms with Gasteiger partial charge in [0.2, 0.25) is 0 Å². The SMILES string of the molecule is Cc1ccc(NS(=O)(=O)c2ccc(NC(=S)NC(=O)c3ccc(OCCc4ccccc4)c(Br)c3)cc2)cc1C. The molecule has 0 radical (unpaired) electrons. The molecule has 0 saturated heterocycles. The summed E-state index contributed by atoms with van der Waals surface area (Å²) in [5, 5.41) is 5.61. The van der Waals surface area contributed by atoms with Crippen molar-refractivity contribution < 1.29 is 17.9 Å². The van der Waals surface area contributed by atoms with Crippen LogP contribution in [0.5, 0.6) is 5.75 Å². The molecule has 0 bridgehead atoms. The topological polar surface area (TPSA) is 96.5 Å². The molecule has 0 unspecified atom stereocenters. The van der Waals surface area contributed by atoms with Crippen molar-refractivity contribution in [2.24, 2.45) is 0 Å². The van der Waals surface area contributed by atoms with Crippen LogP contribution in [0.1, 0.15) is 27.0 Å². The Bertz CT molecular complexity index is 1630. The van der Waals surface area contributed by atoms with Crippen molar-refractivity contribution in [1.29, 1.82) is 0 Å². The highest BCUT2D eigenvalue weighted by molar-refractivity contribution is 9.10. The quantitative estimate of drug-likeness (QED) is 0.179. The first-order chi connectivity index (χ1) is 19.1. The predicted molar refractivity (Wildman–Crippen MR) is 167 cm³/mol. The Kier molecular flexibility index (Phi) is 9.57. The van der Waals surface area contributed by atoms with E-state index in [0.29, 0.717) is 33.8 Å². The molecule has 4 aromatic rings. The second-order valence-electron chi connectivity index (χ2n) is 9.07. The van der Waals surface area contributed by atoms with E-state index in [9.17, 15) is 13.2 Å². The number of carbonyl (C=O) groups is 1. The highest BCUT2D eigenvalue weighted by Gasteiger charge is 2.15. The standard InChI is InChI=1S/C30H28BrN3O4S2/c1-20-8-10-25(18-21(20)2)34-40(36,37)26-13-11-24(12-14-26)32-30(39)33-29(35)23-9-15-28(27(31)19-23)38-17-16-22-6-4-3-5-7-22/h3-15,18-19,34H,16-17H2,1-2H3,(H2,32,33,35,39). The van der Waals surface area contributed by atoms with Crippen LogP contribution < -0.4 is 20.1 Å². The summed E-state index contributed by atoms with van der Waals surface area (Å²) in [5.74, 6) is 0.237. The molecule has 0 aliphatic rings. The molecule has 1 amide bonds. The number of rotatable bonds is 9. The maximum Gasteiger partial charge on any atom is 0.261 e. The average molecular weight is 639 g/mol. The van der Waals surface area contributed by atoms with E-state index >= 15 is 0 Å². The van der Waals surface area contributed by atoms with Gasteiger partial charge in [-0.05, 0) is 113 Å². The van der Waals surface area contributed by atoms with Gasteiger partial charge in [0.1, 0.15) is 5.75 Å². The highest BCUT2D eigenvalue weighted by atomic mass is 79.9. The molecule has 0 atom stereocenters. The first-order valence-electron chi connectivity index (χ1n) is 12.4. The number of hydrogen-bond donors (Lipinski definition) is 3. The molecule has 0 fully saturated rings. The third kappa shape index (κ3) is 7.91. The number of sulfonamides is 1. The van der Waals surface area contributed by atoms with Gasteiger partial charge in [-0.1, -0.05) is 36.4 Å². The molecular weight excluding hydrogens is 610 g/mol. The lowest BCUT2D eigenvalue weighted by Gasteiger charge is -2.13. The fourth-order valence-corrected chi connectivity index (χ4v) is 5.51. The van der Waals surface area contributed by atoms with Gasteiger partial charge in [-0.2, -0.15) is 0 Å². The van der Waals surface area contributed by atoms with Gasteiger partial charge in [0.25, 0.3) is 15.9 Å². The summed E-state index contributed by atoms with van der Waals surface area (Å²) < 4.78 is 34.7. The van der Waals surface area contributed by atoms with E-state index in [-0.39, 0.29) is 10.0 Å². The van der Waals surface area contributed by atoms with Gasteiger partial charge in [-0.25, -0.2) is 8.42 Å². The Morgan fingerprint density at radius 3 is 2.25 bits per heavy atom. The van der Waals surface area contributed by atoms with Crippen LogP contribution in [0.2, 0.25) is 0 Å². The van der Waals surface area contributed by atoms with E-state index in [4.69, 9.17) is 17.0 Å². The fourth-order valence-electron chi connectivity index (χ4n) is 3.76. The third-order valence-electron chi connectivity index (χ3n) is 6.09. The van der Waals surface area contributed by atoms with E-state index in [1.807, 2.05) is 50.2 Å². The summed E-state index contributed by atoms with van der Waals surface area (Å²) in [5.41, 5.74) is 4.66. The normalized spacial score (nSPS) is 11.0. The van der Waals surface area contributed by atoms with Crippen LogP contribution in [0, 0.1) is 13.8 Å². The van der Waals surface area contributed by atoms with E-state index in [1.54, 1.807) is 42.5 Å². The van der Waals surface area contributed by atoms with E-state index in [1.165, 1.54) is 17.7 Å². The van der Waals surface area contributed by atoms with Crippen molar-refractivity contribution in [1.82, 2.24) is 5.32 Å². The number of halogens is 1. The zero-order valence-electron chi connectivity index (χ0n) is 21.9. The molecular formula is C30H28BrN3O4S2. The Morgan fingerprint density at radius 1 is 0.875 bits per heavy atom. The summed E-state index contributed by atoms with van der Waals surface area (Å²) in [6, 6.07) is 26.5. The molecule has 0 saturated carbocycles. The average Bonchev–Trinajstić information content (AvgIpc) is 2.92. The summed E-state index contributed by atoms with van der Waals surface area (Å²) in [7, 11) is -3.77. The second-order valence-corrected chi connectivity index (χ2v) is 12.0. The number of anilines is 2. The summed E-state index contributed by atoms with van der Waals surface area (Å²) in [6.45, 7) is 4.39. The zero-order chi connectivity index (χ0) is 28.7. The van der Waals surface area contributed by atoms with Crippen LogP contribution in [-0.4, -0.2) is 26.0 Å². The smallest absolute Gasteiger partial charge is 0.261 e. The maximum absolute atomic E-state index is 12.8. The van der Waals surface area contributed by atoms with Gasteiger partial charge < -0.3 is 10.1 Å². The van der Waals surface area contributed by atoms with Crippen LogP contribution in [0.4, 0.5) is 11.4 Å². The number of thiocarbonyl (C=S) groups is 1. The fraction of sp³-hybridized carbons (Fsp3) is 0.133. The molecule has 4 aromatic carbocycles. The molecule has 0 aromatic heterocycles. The largest absolute Gasteiger partial charge is 0.492 e. The number of aryl methyl sites for hydroxylation is 2. The Hall–Kier alpha value is -3.73. The summed E-state index contributed by atoms with van der Waals surface area (Å²) in [6.07, 6.45) is 0.769. The van der Waals surface area contributed by atoms with E-state index in [2.05, 4.69) is 31.3 Å². The van der Waals surface area contributed by atoms with Gasteiger partial charge in [0, 0.05) is 23.4 Å². The number of amides is 1. The molecule has 40 heavy (non-hydrogen) atoms. The maximum atomic E-state index is 12.8. The van der Waals surface area contributed by atoms with Gasteiger partial charge >= 0.3 is 0 Å². The minimum Gasteiger partial charge on any atom is -0.492 e. The van der Waals surface area contributed by atoms with Gasteiger partial charge in [-0.3, -0.25) is 14.8 Å². The lowest BCUT2D eigenvalue weighted by Crippen LogP contribution is -2.34. The van der Waals surface area contributed by atoms with Crippen LogP contribution >= 0.6 is 28.1 Å². The van der Waals surface area contributed by atoms with E-state index in [0.717, 1.165) is 17.5 Å². The van der Waals surface area contributed by atoms with Crippen molar-refractivity contribution >= 4 is 60.6 Å². The molecule has 0 aliphatic heterocycles. The first kappa shape index (κ1) is 29.3. The third-order valence-corrected chi connectivity index (χ3v) is 8.31. The van der Waals surface area contributed by atoms with Gasteiger partial charge in [0.05, 0.1) is 16.0 Å². The number of benzene rings is 4. The van der Waals surface area contributed by atoms with Crippen molar-refractivity contribution in [3.8, 4) is 5.75 Å². The molecule has 0 aliphatic carbocycles. The minimum absolute atomic E-state index is 0.0770. The minimum atomic E-state index is -3.77. The summed E-state index contributed by atoms with van der Waals surface area (Å²) >= 11 is 8.74. The van der Waals surface area contributed by atoms with Crippen molar-refractivity contribution in [2.75, 3.05) is 16.6 Å². The Labute approximate surface area is 248 Å². The summed E-state index contributed by atoms with van der Waals surface area (Å²) in [4.78, 5) is 12.8. The van der Waals surface area contributed by atoms with Crippen LogP contribution in [0.3, 0.4) is 0 Å². The molecule has 206 valence electrons. The molecule has 4 rings (SSSR count). The zero-order valence-corrected chi connectivity index (χ0v) is 25.1. The highest BCUT2D eigenvalue weighted by Crippen LogP contribution is 2.26. The number of hydrogen-bond acceptors (Lipinski definition) is 5. The van der Waals surface area contributed by atoms with Crippen molar-refractivity contribution in [2.45, 2.75) is 25.2 Å². The second kappa shape index (κ2) is 13.1. The number of carbonyl (C=O) groups excluding carboxylic acids is 1. The van der Waals surface area contributed by atoms with Crippen LogP contribution in [-0.2, 0) is 16.4 Å². The Balaban J connectivity index is 1.30. The van der Waals surface area contributed by atoms with E-state index < -0.39 is 15.9 Å². The molecule has 10 heteroatoms. The predicted octanol–water partition coefficient (Wildman–Crippen LogP) is 6.62. The molecule has 7 nitrogen and oxygen atoms in total. The van der Waals surface area contributed by atoms with Crippen molar-refractivity contribution in [3.05, 3.63) is 118 Å². The Morgan fingerprint density at radius 2 is 1.57 bits per heavy atom. The van der Waals surface area contributed by atoms with Gasteiger partial charge in [0.15, 0.2) is 5.11 Å². The van der Waals surface area contributed by atoms with Crippen molar-refractivity contribution in [3.63, 3.8) is 0 Å². The number of ether oxygens (including phenoxy) is 1. The first-order valence-corrected chi connectivity index (χ1v) is 15.1. The molecule has 0 spiro atoms. The molecule has 0 heterocycles.